The van der Waals surface area contributed by atoms with Gasteiger partial charge in [-0.1, -0.05) is 15.9 Å². The summed E-state index contributed by atoms with van der Waals surface area (Å²) in [4.78, 5) is 13.4. The van der Waals surface area contributed by atoms with Gasteiger partial charge in [0.25, 0.3) is 5.69 Å². The minimum absolute atomic E-state index is 0.0700. The van der Waals surface area contributed by atoms with Gasteiger partial charge in [0.15, 0.2) is 0 Å². The number of halogens is 4. The summed E-state index contributed by atoms with van der Waals surface area (Å²) in [6.07, 6.45) is -4.94. The maximum Gasteiger partial charge on any atom is 0.574 e. The molecule has 1 aromatic heterocycles. The maximum absolute atomic E-state index is 12.1. The molecule has 0 spiro atoms. The van der Waals surface area contributed by atoms with Crippen molar-refractivity contribution in [2.24, 2.45) is 0 Å². The van der Waals surface area contributed by atoms with E-state index < -0.39 is 22.9 Å². The average molecular weight is 315 g/mol. The quantitative estimate of drug-likeness (QED) is 0.488. The van der Waals surface area contributed by atoms with Crippen LogP contribution < -0.4 is 4.74 Å². The summed E-state index contributed by atoms with van der Waals surface area (Å²) in [5.41, 5.74) is -0.646. The molecule has 0 saturated heterocycles. The molecule has 0 bridgehead atoms. The number of pyridine rings is 1. The van der Waals surface area contributed by atoms with Crippen molar-refractivity contribution in [2.45, 2.75) is 18.6 Å². The molecule has 0 saturated carbocycles. The summed E-state index contributed by atoms with van der Waals surface area (Å²) < 4.78 is 39.9. The lowest BCUT2D eigenvalue weighted by atomic mass is 10.2. The SMILES string of the molecule is Cc1cc([N+](=O)[O-])c(CBr)c(OC(F)(F)F)n1. The first kappa shape index (κ1) is 13.7. The van der Waals surface area contributed by atoms with Crippen LogP contribution in [0.15, 0.2) is 6.07 Å². The Bertz CT molecular complexity index is 450. The van der Waals surface area contributed by atoms with Gasteiger partial charge in [-0.3, -0.25) is 10.1 Å². The van der Waals surface area contributed by atoms with Gasteiger partial charge in [0.05, 0.1) is 4.92 Å². The van der Waals surface area contributed by atoms with E-state index in [0.717, 1.165) is 6.07 Å². The molecule has 0 aliphatic rings. The highest BCUT2D eigenvalue weighted by atomic mass is 79.9. The Morgan fingerprint density at radius 3 is 2.59 bits per heavy atom. The minimum Gasteiger partial charge on any atom is -0.387 e. The molecule has 0 atom stereocenters. The van der Waals surface area contributed by atoms with Gasteiger partial charge in [-0.15, -0.1) is 13.2 Å². The number of aromatic nitrogens is 1. The van der Waals surface area contributed by atoms with E-state index in [2.05, 4.69) is 25.7 Å². The van der Waals surface area contributed by atoms with Crippen LogP contribution in [0.1, 0.15) is 11.3 Å². The van der Waals surface area contributed by atoms with Crippen LogP contribution in [0.2, 0.25) is 0 Å². The fraction of sp³-hybridized carbons (Fsp3) is 0.375. The van der Waals surface area contributed by atoms with Crippen molar-refractivity contribution in [3.63, 3.8) is 0 Å². The van der Waals surface area contributed by atoms with Crippen molar-refractivity contribution in [3.05, 3.63) is 27.4 Å². The summed E-state index contributed by atoms with van der Waals surface area (Å²) in [6, 6.07) is 1.08. The third-order valence-corrected chi connectivity index (χ3v) is 2.29. The summed E-state index contributed by atoms with van der Waals surface area (Å²) in [6.45, 7) is 1.34. The molecule has 0 aliphatic carbocycles. The van der Waals surface area contributed by atoms with Crippen molar-refractivity contribution >= 4 is 21.6 Å². The second-order valence-corrected chi connectivity index (χ2v) is 3.57. The van der Waals surface area contributed by atoms with E-state index in [9.17, 15) is 23.3 Å². The molecule has 1 heterocycles. The lowest BCUT2D eigenvalue weighted by Gasteiger charge is -2.11. The lowest BCUT2D eigenvalue weighted by Crippen LogP contribution is -2.19. The monoisotopic (exact) mass is 314 g/mol. The van der Waals surface area contributed by atoms with Crippen LogP contribution in [0.25, 0.3) is 0 Å². The van der Waals surface area contributed by atoms with Crippen molar-refractivity contribution in [3.8, 4) is 5.88 Å². The zero-order chi connectivity index (χ0) is 13.2. The average Bonchev–Trinajstić information content (AvgIpc) is 2.14. The van der Waals surface area contributed by atoms with E-state index in [-0.39, 0.29) is 16.6 Å². The highest BCUT2D eigenvalue weighted by molar-refractivity contribution is 9.08. The van der Waals surface area contributed by atoms with Crippen LogP contribution in [0.5, 0.6) is 5.88 Å². The van der Waals surface area contributed by atoms with E-state index in [0.29, 0.717) is 0 Å². The number of ether oxygens (including phenoxy) is 1. The van der Waals surface area contributed by atoms with Crippen LogP contribution in [-0.4, -0.2) is 16.3 Å². The molecule has 0 aliphatic heterocycles. The number of alkyl halides is 4. The molecule has 0 radical (unpaired) electrons. The molecular formula is C8H6BrF3N2O3. The number of hydrogen-bond acceptors (Lipinski definition) is 4. The van der Waals surface area contributed by atoms with Crippen LogP contribution >= 0.6 is 15.9 Å². The summed E-state index contributed by atoms with van der Waals surface area (Å²) in [5, 5.41) is 10.5. The minimum atomic E-state index is -4.94. The van der Waals surface area contributed by atoms with Gasteiger partial charge >= 0.3 is 6.36 Å². The predicted molar refractivity (Wildman–Crippen MR) is 54.9 cm³/mol. The number of aryl methyl sites for hydroxylation is 1. The highest BCUT2D eigenvalue weighted by Crippen LogP contribution is 2.32. The third kappa shape index (κ3) is 3.55. The van der Waals surface area contributed by atoms with Gasteiger partial charge < -0.3 is 4.74 Å². The molecule has 1 rings (SSSR count). The Labute approximate surface area is 102 Å². The standard InChI is InChI=1S/C8H6BrF3N2O3/c1-4-2-6(14(15)16)5(3-9)7(13-4)17-8(10,11)12/h2H,3H2,1H3. The normalized spacial score (nSPS) is 11.4. The molecule has 1 aromatic rings. The Morgan fingerprint density at radius 1 is 1.59 bits per heavy atom. The number of nitrogens with zero attached hydrogens (tertiary/aromatic N) is 2. The van der Waals surface area contributed by atoms with Gasteiger partial charge in [-0.05, 0) is 6.92 Å². The molecule has 9 heteroatoms. The van der Waals surface area contributed by atoms with Gasteiger partial charge in [0.2, 0.25) is 5.88 Å². The van der Waals surface area contributed by atoms with E-state index in [1.54, 1.807) is 0 Å². The lowest BCUT2D eigenvalue weighted by molar-refractivity contribution is -0.385. The molecule has 5 nitrogen and oxygen atoms in total. The van der Waals surface area contributed by atoms with Crippen molar-refractivity contribution in [1.29, 1.82) is 0 Å². The topological polar surface area (TPSA) is 65.3 Å². The number of hydrogen-bond donors (Lipinski definition) is 0. The van der Waals surface area contributed by atoms with Crippen molar-refractivity contribution < 1.29 is 22.8 Å². The molecule has 17 heavy (non-hydrogen) atoms. The van der Waals surface area contributed by atoms with Crippen LogP contribution in [-0.2, 0) is 5.33 Å². The largest absolute Gasteiger partial charge is 0.574 e. The van der Waals surface area contributed by atoms with E-state index in [4.69, 9.17) is 0 Å². The van der Waals surface area contributed by atoms with E-state index in [1.165, 1.54) is 6.92 Å². The number of nitro groups is 1. The molecule has 0 aromatic carbocycles. The number of rotatable bonds is 3. The third-order valence-electron chi connectivity index (χ3n) is 1.73. The Hall–Kier alpha value is -1.38. The highest BCUT2D eigenvalue weighted by Gasteiger charge is 2.34. The first-order chi connectivity index (χ1) is 7.74. The van der Waals surface area contributed by atoms with Gasteiger partial charge in [-0.25, -0.2) is 4.98 Å². The predicted octanol–water partition coefficient (Wildman–Crippen LogP) is 3.09. The summed E-state index contributed by atoms with van der Waals surface area (Å²) in [7, 11) is 0. The van der Waals surface area contributed by atoms with Crippen molar-refractivity contribution in [1.82, 2.24) is 4.98 Å². The Kier molecular flexibility index (Phi) is 3.91. The maximum atomic E-state index is 12.1. The van der Waals surface area contributed by atoms with Gasteiger partial charge in [0.1, 0.15) is 5.56 Å². The molecule has 0 amide bonds. The zero-order valence-electron chi connectivity index (χ0n) is 8.42. The second-order valence-electron chi connectivity index (χ2n) is 3.01. The summed E-state index contributed by atoms with van der Waals surface area (Å²) >= 11 is 2.87. The first-order valence-corrected chi connectivity index (χ1v) is 5.33. The fourth-order valence-electron chi connectivity index (χ4n) is 1.14. The molecular weight excluding hydrogens is 309 g/mol. The molecule has 0 unspecified atom stereocenters. The Morgan fingerprint density at radius 2 is 2.18 bits per heavy atom. The van der Waals surface area contributed by atoms with Crippen LogP contribution in [0.4, 0.5) is 18.9 Å². The molecule has 0 N–H and O–H groups in total. The second kappa shape index (κ2) is 4.86. The van der Waals surface area contributed by atoms with Gasteiger partial charge in [-0.2, -0.15) is 0 Å². The fourth-order valence-corrected chi connectivity index (χ4v) is 1.66. The van der Waals surface area contributed by atoms with Crippen LogP contribution in [0, 0.1) is 17.0 Å². The van der Waals surface area contributed by atoms with Crippen LogP contribution in [0.3, 0.4) is 0 Å². The molecule has 94 valence electrons. The van der Waals surface area contributed by atoms with E-state index in [1.807, 2.05) is 0 Å². The smallest absolute Gasteiger partial charge is 0.387 e. The van der Waals surface area contributed by atoms with E-state index >= 15 is 0 Å². The zero-order valence-corrected chi connectivity index (χ0v) is 10.0. The summed E-state index contributed by atoms with van der Waals surface area (Å²) in [5.74, 6) is -0.805. The van der Waals surface area contributed by atoms with Gasteiger partial charge in [0, 0.05) is 17.1 Å². The first-order valence-electron chi connectivity index (χ1n) is 4.21. The van der Waals surface area contributed by atoms with Crippen molar-refractivity contribution in [2.75, 3.05) is 0 Å². The molecule has 0 fully saturated rings. The Balaban J connectivity index is 3.33.